The molecule has 78 valence electrons. The minimum Gasteiger partial charge on any atom is -0.458 e. The Morgan fingerprint density at radius 3 is 2.60 bits per heavy atom. The Kier molecular flexibility index (Phi) is 2.72. The van der Waals surface area contributed by atoms with Crippen molar-refractivity contribution in [3.63, 3.8) is 0 Å². The Hall–Kier alpha value is -0.990. The maximum atomic E-state index is 11.9. The molecule has 0 atom stereocenters. The van der Waals surface area contributed by atoms with Crippen LogP contribution in [0.15, 0.2) is 33.5 Å². The van der Waals surface area contributed by atoms with Crippen molar-refractivity contribution >= 4 is 34.2 Å². The lowest BCUT2D eigenvalue weighted by Gasteiger charge is -2.06. The molecule has 0 aliphatic heterocycles. The molecule has 1 heterocycles. The number of para-hydroxylation sites is 1. The molecule has 4 heteroatoms. The normalized spacial score (nSPS) is 11.2. The van der Waals surface area contributed by atoms with Crippen LogP contribution >= 0.6 is 23.2 Å². The number of halogens is 2. The van der Waals surface area contributed by atoms with Gasteiger partial charge < -0.3 is 4.42 Å². The Morgan fingerprint density at radius 1 is 1.27 bits per heavy atom. The second-order valence-electron chi connectivity index (χ2n) is 3.22. The van der Waals surface area contributed by atoms with E-state index in [1.165, 1.54) is 0 Å². The van der Waals surface area contributed by atoms with E-state index < -0.39 is 4.84 Å². The van der Waals surface area contributed by atoms with Crippen LogP contribution in [-0.4, -0.2) is 0 Å². The SMILES string of the molecule is Cc1c(C(Cl)Cl)oc2ccccc2c1=O. The van der Waals surface area contributed by atoms with Crippen LogP contribution in [0.3, 0.4) is 0 Å². The fourth-order valence-corrected chi connectivity index (χ4v) is 1.88. The molecular formula is C11H8Cl2O2. The standard InChI is InChI=1S/C11H8Cl2O2/c1-6-9(14)7-4-2-3-5-8(7)15-10(6)11(12)13/h2-5,11H,1H3. The number of hydrogen-bond acceptors (Lipinski definition) is 2. The zero-order chi connectivity index (χ0) is 11.0. The highest BCUT2D eigenvalue weighted by Gasteiger charge is 2.15. The second-order valence-corrected chi connectivity index (χ2v) is 4.31. The van der Waals surface area contributed by atoms with Crippen molar-refractivity contribution in [3.05, 3.63) is 45.8 Å². The monoisotopic (exact) mass is 242 g/mol. The Labute approximate surface area is 96.4 Å². The first kappa shape index (κ1) is 10.5. The predicted octanol–water partition coefficient (Wildman–Crippen LogP) is 3.58. The lowest BCUT2D eigenvalue weighted by atomic mass is 10.1. The summed E-state index contributed by atoms with van der Waals surface area (Å²) in [4.78, 5) is 11.1. The largest absolute Gasteiger partial charge is 0.458 e. The van der Waals surface area contributed by atoms with E-state index in [0.29, 0.717) is 22.3 Å². The molecule has 0 spiro atoms. The van der Waals surface area contributed by atoms with Gasteiger partial charge in [0.15, 0.2) is 10.3 Å². The van der Waals surface area contributed by atoms with Gasteiger partial charge in [-0.2, -0.15) is 0 Å². The molecule has 0 fully saturated rings. The van der Waals surface area contributed by atoms with Crippen LogP contribution in [0, 0.1) is 6.92 Å². The molecule has 2 rings (SSSR count). The summed E-state index contributed by atoms with van der Waals surface area (Å²) < 4.78 is 5.47. The van der Waals surface area contributed by atoms with Gasteiger partial charge in [-0.1, -0.05) is 35.3 Å². The molecule has 2 nitrogen and oxygen atoms in total. The average molecular weight is 243 g/mol. The molecule has 1 aromatic heterocycles. The lowest BCUT2D eigenvalue weighted by Crippen LogP contribution is -2.08. The number of alkyl halides is 2. The van der Waals surface area contributed by atoms with E-state index in [0.717, 1.165) is 0 Å². The van der Waals surface area contributed by atoms with Crippen LogP contribution in [0.2, 0.25) is 0 Å². The molecular weight excluding hydrogens is 235 g/mol. The van der Waals surface area contributed by atoms with Gasteiger partial charge >= 0.3 is 0 Å². The van der Waals surface area contributed by atoms with Gasteiger partial charge in [0.1, 0.15) is 11.3 Å². The van der Waals surface area contributed by atoms with Crippen molar-refractivity contribution in [2.75, 3.05) is 0 Å². The van der Waals surface area contributed by atoms with Gasteiger partial charge in [0, 0.05) is 5.56 Å². The van der Waals surface area contributed by atoms with Crippen LogP contribution in [0.5, 0.6) is 0 Å². The van der Waals surface area contributed by atoms with Crippen molar-refractivity contribution in [2.24, 2.45) is 0 Å². The smallest absolute Gasteiger partial charge is 0.195 e. The minimum absolute atomic E-state index is 0.0850. The highest BCUT2D eigenvalue weighted by atomic mass is 35.5. The molecule has 0 aliphatic carbocycles. The summed E-state index contributed by atoms with van der Waals surface area (Å²) in [7, 11) is 0. The van der Waals surface area contributed by atoms with Crippen LogP contribution in [0.25, 0.3) is 11.0 Å². The van der Waals surface area contributed by atoms with Gasteiger partial charge in [-0.05, 0) is 19.1 Å². The van der Waals surface area contributed by atoms with E-state index in [1.807, 2.05) is 0 Å². The number of rotatable bonds is 1. The van der Waals surface area contributed by atoms with Crippen LogP contribution in [0.1, 0.15) is 16.2 Å². The Morgan fingerprint density at radius 2 is 1.93 bits per heavy atom. The summed E-state index contributed by atoms with van der Waals surface area (Å²) in [5, 5.41) is 0.549. The summed E-state index contributed by atoms with van der Waals surface area (Å²) in [5.41, 5.74) is 0.885. The second kappa shape index (κ2) is 3.87. The summed E-state index contributed by atoms with van der Waals surface area (Å²) >= 11 is 11.4. The molecule has 0 amide bonds. The summed E-state index contributed by atoms with van der Waals surface area (Å²) in [6.07, 6.45) is 0. The molecule has 1 aromatic carbocycles. The topological polar surface area (TPSA) is 30.2 Å². The Balaban J connectivity index is 2.89. The lowest BCUT2D eigenvalue weighted by molar-refractivity contribution is 0.549. The average Bonchev–Trinajstić information content (AvgIpc) is 2.23. The third-order valence-corrected chi connectivity index (χ3v) is 2.66. The van der Waals surface area contributed by atoms with E-state index >= 15 is 0 Å². The summed E-state index contributed by atoms with van der Waals surface area (Å²) in [5.74, 6) is 0.321. The third kappa shape index (κ3) is 1.75. The predicted molar refractivity (Wildman–Crippen MR) is 61.7 cm³/mol. The van der Waals surface area contributed by atoms with Gasteiger partial charge in [0.25, 0.3) is 0 Å². The highest BCUT2D eigenvalue weighted by Crippen LogP contribution is 2.28. The van der Waals surface area contributed by atoms with E-state index in [2.05, 4.69) is 0 Å². The molecule has 0 saturated carbocycles. The first-order valence-corrected chi connectivity index (χ1v) is 5.29. The van der Waals surface area contributed by atoms with E-state index in [-0.39, 0.29) is 5.43 Å². The van der Waals surface area contributed by atoms with E-state index in [9.17, 15) is 4.79 Å². The molecule has 0 N–H and O–H groups in total. The Bertz CT molecular complexity index is 558. The number of hydrogen-bond donors (Lipinski definition) is 0. The third-order valence-electron chi connectivity index (χ3n) is 2.26. The molecule has 0 unspecified atom stereocenters. The summed E-state index contributed by atoms with van der Waals surface area (Å²) in [6, 6.07) is 7.02. The fraction of sp³-hybridized carbons (Fsp3) is 0.182. The molecule has 0 saturated heterocycles. The summed E-state index contributed by atoms with van der Waals surface area (Å²) in [6.45, 7) is 1.66. The van der Waals surface area contributed by atoms with E-state index in [4.69, 9.17) is 27.6 Å². The van der Waals surface area contributed by atoms with Gasteiger partial charge in [-0.15, -0.1) is 0 Å². The zero-order valence-electron chi connectivity index (χ0n) is 7.96. The first-order valence-electron chi connectivity index (χ1n) is 4.41. The van der Waals surface area contributed by atoms with Gasteiger partial charge in [0.05, 0.1) is 5.39 Å². The fourth-order valence-electron chi connectivity index (χ4n) is 1.46. The number of benzene rings is 1. The molecule has 0 aliphatic rings. The maximum absolute atomic E-state index is 11.9. The highest BCUT2D eigenvalue weighted by molar-refractivity contribution is 6.43. The maximum Gasteiger partial charge on any atom is 0.195 e. The molecule has 2 aromatic rings. The quantitative estimate of drug-likeness (QED) is 0.716. The van der Waals surface area contributed by atoms with Crippen molar-refractivity contribution < 1.29 is 4.42 Å². The van der Waals surface area contributed by atoms with Crippen molar-refractivity contribution in [2.45, 2.75) is 11.8 Å². The molecule has 0 radical (unpaired) electrons. The van der Waals surface area contributed by atoms with E-state index in [1.54, 1.807) is 31.2 Å². The van der Waals surface area contributed by atoms with Gasteiger partial charge in [-0.25, -0.2) is 0 Å². The van der Waals surface area contributed by atoms with Crippen molar-refractivity contribution in [1.29, 1.82) is 0 Å². The molecule has 15 heavy (non-hydrogen) atoms. The van der Waals surface area contributed by atoms with Crippen LogP contribution < -0.4 is 5.43 Å². The van der Waals surface area contributed by atoms with Crippen molar-refractivity contribution in [3.8, 4) is 0 Å². The minimum atomic E-state index is -0.817. The zero-order valence-corrected chi connectivity index (χ0v) is 9.47. The van der Waals surface area contributed by atoms with Gasteiger partial charge in [-0.3, -0.25) is 4.79 Å². The van der Waals surface area contributed by atoms with Crippen LogP contribution in [0.4, 0.5) is 0 Å². The first-order chi connectivity index (χ1) is 7.11. The van der Waals surface area contributed by atoms with Gasteiger partial charge in [0.2, 0.25) is 0 Å². The number of fused-ring (bicyclic) bond motifs is 1. The van der Waals surface area contributed by atoms with Crippen LogP contribution in [-0.2, 0) is 0 Å². The van der Waals surface area contributed by atoms with Crippen molar-refractivity contribution in [1.82, 2.24) is 0 Å². The molecule has 0 bridgehead atoms.